The molecule has 0 radical (unpaired) electrons. The number of ether oxygens (including phenoxy) is 2. The number of nitrogen functional groups attached to an aromatic ring is 1. The van der Waals surface area contributed by atoms with Crippen molar-refractivity contribution in [3.8, 4) is 0 Å². The molecule has 0 aliphatic rings. The van der Waals surface area contributed by atoms with Gasteiger partial charge in [-0.15, -0.1) is 0 Å². The summed E-state index contributed by atoms with van der Waals surface area (Å²) < 4.78 is 9.76. The molecule has 0 unspecified atom stereocenters. The first-order valence-electron chi connectivity index (χ1n) is 5.77. The topological polar surface area (TPSA) is 78.6 Å². The van der Waals surface area contributed by atoms with Gasteiger partial charge >= 0.3 is 11.9 Å². The number of rotatable bonds is 5. The minimum atomic E-state index is -0.535. The van der Waals surface area contributed by atoms with Gasteiger partial charge in [0.25, 0.3) is 0 Å². The van der Waals surface area contributed by atoms with Gasteiger partial charge in [-0.05, 0) is 26.0 Å². The number of esters is 2. The molecule has 0 heterocycles. The molecule has 0 aliphatic heterocycles. The first kappa shape index (κ1) is 14.8. The van der Waals surface area contributed by atoms with Crippen LogP contribution in [0.1, 0.15) is 22.8 Å². The Morgan fingerprint density at radius 1 is 1.26 bits per heavy atom. The van der Waals surface area contributed by atoms with Crippen molar-refractivity contribution in [3.05, 3.63) is 41.5 Å². The standard InChI is InChI=1S/C14H17NO4/c1-9(2)13(16)18-6-7-19-14(17)11-8-10(3)4-5-12(11)15/h4-5,8H,1,6-7,15H2,2-3H3. The van der Waals surface area contributed by atoms with Crippen LogP contribution in [-0.4, -0.2) is 25.2 Å². The number of nitrogens with two attached hydrogens (primary N) is 1. The van der Waals surface area contributed by atoms with Crippen LogP contribution in [0.4, 0.5) is 5.69 Å². The summed E-state index contributed by atoms with van der Waals surface area (Å²) in [6.45, 7) is 6.80. The maximum absolute atomic E-state index is 11.7. The maximum atomic E-state index is 11.7. The highest BCUT2D eigenvalue weighted by atomic mass is 16.6. The highest BCUT2D eigenvalue weighted by Gasteiger charge is 2.11. The smallest absolute Gasteiger partial charge is 0.340 e. The van der Waals surface area contributed by atoms with Gasteiger partial charge in [0, 0.05) is 11.3 Å². The number of anilines is 1. The minimum absolute atomic E-state index is 0.0108. The molecule has 5 nitrogen and oxygen atoms in total. The summed E-state index contributed by atoms with van der Waals surface area (Å²) in [6.07, 6.45) is 0. The number of aryl methyl sites for hydroxylation is 1. The lowest BCUT2D eigenvalue weighted by Crippen LogP contribution is -2.15. The van der Waals surface area contributed by atoms with Crippen LogP contribution in [0.2, 0.25) is 0 Å². The van der Waals surface area contributed by atoms with Crippen LogP contribution in [0.3, 0.4) is 0 Å². The Balaban J connectivity index is 2.46. The molecule has 0 amide bonds. The molecule has 102 valence electrons. The van der Waals surface area contributed by atoms with E-state index < -0.39 is 11.9 Å². The van der Waals surface area contributed by atoms with Crippen molar-refractivity contribution in [2.24, 2.45) is 0 Å². The Kier molecular flexibility index (Phi) is 5.11. The first-order chi connectivity index (χ1) is 8.91. The molecule has 1 rings (SSSR count). The number of carbonyl (C=O) groups is 2. The molecule has 5 heteroatoms. The Morgan fingerprint density at radius 2 is 1.89 bits per heavy atom. The minimum Gasteiger partial charge on any atom is -0.459 e. The molecule has 0 atom stereocenters. The average Bonchev–Trinajstić information content (AvgIpc) is 2.36. The fraction of sp³-hybridized carbons (Fsp3) is 0.286. The van der Waals surface area contributed by atoms with E-state index in [1.807, 2.05) is 6.92 Å². The van der Waals surface area contributed by atoms with Gasteiger partial charge in [0.15, 0.2) is 0 Å². The molecular formula is C14H17NO4. The van der Waals surface area contributed by atoms with E-state index in [1.165, 1.54) is 0 Å². The van der Waals surface area contributed by atoms with E-state index in [0.29, 0.717) is 16.8 Å². The van der Waals surface area contributed by atoms with Crippen molar-refractivity contribution < 1.29 is 19.1 Å². The van der Waals surface area contributed by atoms with Gasteiger partial charge in [-0.1, -0.05) is 18.2 Å². The second-order valence-corrected chi connectivity index (χ2v) is 4.14. The predicted octanol–water partition coefficient (Wildman–Crippen LogP) is 1.85. The lowest BCUT2D eigenvalue weighted by atomic mass is 10.1. The summed E-state index contributed by atoms with van der Waals surface area (Å²) >= 11 is 0. The van der Waals surface area contributed by atoms with Crippen LogP contribution in [-0.2, 0) is 14.3 Å². The van der Waals surface area contributed by atoms with Crippen LogP contribution in [0, 0.1) is 6.92 Å². The third-order valence-corrected chi connectivity index (χ3v) is 2.33. The van der Waals surface area contributed by atoms with E-state index in [4.69, 9.17) is 15.2 Å². The lowest BCUT2D eigenvalue weighted by molar-refractivity contribution is -0.140. The molecule has 0 saturated heterocycles. The highest BCUT2D eigenvalue weighted by Crippen LogP contribution is 2.14. The fourth-order valence-electron chi connectivity index (χ4n) is 1.32. The van der Waals surface area contributed by atoms with Crippen LogP contribution in [0.15, 0.2) is 30.4 Å². The lowest BCUT2D eigenvalue weighted by Gasteiger charge is -2.08. The van der Waals surface area contributed by atoms with Crippen molar-refractivity contribution in [2.75, 3.05) is 18.9 Å². The largest absolute Gasteiger partial charge is 0.459 e. The number of hydrogen-bond donors (Lipinski definition) is 1. The zero-order valence-corrected chi connectivity index (χ0v) is 11.1. The highest BCUT2D eigenvalue weighted by molar-refractivity contribution is 5.95. The molecule has 1 aromatic rings. The summed E-state index contributed by atoms with van der Waals surface area (Å²) in [6, 6.07) is 5.10. The summed E-state index contributed by atoms with van der Waals surface area (Å²) in [5.41, 5.74) is 7.56. The number of carbonyl (C=O) groups excluding carboxylic acids is 2. The van der Waals surface area contributed by atoms with E-state index in [2.05, 4.69) is 6.58 Å². The third-order valence-electron chi connectivity index (χ3n) is 2.33. The molecule has 0 saturated carbocycles. The van der Waals surface area contributed by atoms with Crippen molar-refractivity contribution in [1.29, 1.82) is 0 Å². The van der Waals surface area contributed by atoms with Crippen LogP contribution < -0.4 is 5.73 Å². The normalized spacial score (nSPS) is 9.79. The van der Waals surface area contributed by atoms with Crippen molar-refractivity contribution >= 4 is 17.6 Å². The molecule has 1 aromatic carbocycles. The summed E-state index contributed by atoms with van der Waals surface area (Å²) in [5.74, 6) is -1.04. The maximum Gasteiger partial charge on any atom is 0.340 e. The molecule has 0 spiro atoms. The third kappa shape index (κ3) is 4.46. The Bertz CT molecular complexity index is 508. The fourth-order valence-corrected chi connectivity index (χ4v) is 1.32. The van der Waals surface area contributed by atoms with Crippen molar-refractivity contribution in [2.45, 2.75) is 13.8 Å². The molecule has 2 N–H and O–H groups in total. The molecule has 19 heavy (non-hydrogen) atoms. The molecule has 0 aromatic heterocycles. The van der Waals surface area contributed by atoms with Crippen LogP contribution >= 0.6 is 0 Å². The second kappa shape index (κ2) is 6.58. The quantitative estimate of drug-likeness (QED) is 0.379. The Morgan fingerprint density at radius 3 is 2.53 bits per heavy atom. The van der Waals surface area contributed by atoms with Crippen LogP contribution in [0.25, 0.3) is 0 Å². The van der Waals surface area contributed by atoms with E-state index in [1.54, 1.807) is 25.1 Å². The van der Waals surface area contributed by atoms with Gasteiger partial charge in [0.05, 0.1) is 5.56 Å². The summed E-state index contributed by atoms with van der Waals surface area (Å²) in [7, 11) is 0. The first-order valence-corrected chi connectivity index (χ1v) is 5.77. The van der Waals surface area contributed by atoms with Gasteiger partial charge in [-0.3, -0.25) is 0 Å². The Labute approximate surface area is 112 Å². The monoisotopic (exact) mass is 263 g/mol. The summed E-state index contributed by atoms with van der Waals surface area (Å²) in [4.78, 5) is 22.8. The van der Waals surface area contributed by atoms with Crippen LogP contribution in [0.5, 0.6) is 0 Å². The average molecular weight is 263 g/mol. The number of hydrogen-bond acceptors (Lipinski definition) is 5. The van der Waals surface area contributed by atoms with Crippen molar-refractivity contribution in [3.63, 3.8) is 0 Å². The SMILES string of the molecule is C=C(C)C(=O)OCCOC(=O)c1cc(C)ccc1N. The summed E-state index contributed by atoms with van der Waals surface area (Å²) in [5, 5.41) is 0. The van der Waals surface area contributed by atoms with E-state index in [-0.39, 0.29) is 13.2 Å². The molecule has 0 bridgehead atoms. The zero-order chi connectivity index (χ0) is 14.4. The van der Waals surface area contributed by atoms with Gasteiger partial charge in [-0.25, -0.2) is 9.59 Å². The van der Waals surface area contributed by atoms with E-state index >= 15 is 0 Å². The van der Waals surface area contributed by atoms with Crippen molar-refractivity contribution in [1.82, 2.24) is 0 Å². The van der Waals surface area contributed by atoms with Gasteiger partial charge < -0.3 is 15.2 Å². The van der Waals surface area contributed by atoms with Gasteiger partial charge in [-0.2, -0.15) is 0 Å². The molecule has 0 fully saturated rings. The zero-order valence-electron chi connectivity index (χ0n) is 11.1. The number of benzene rings is 1. The predicted molar refractivity (Wildman–Crippen MR) is 71.6 cm³/mol. The Hall–Kier alpha value is -2.30. The second-order valence-electron chi connectivity index (χ2n) is 4.14. The molecule has 0 aliphatic carbocycles. The van der Waals surface area contributed by atoms with E-state index in [9.17, 15) is 9.59 Å². The molecular weight excluding hydrogens is 246 g/mol. The van der Waals surface area contributed by atoms with Gasteiger partial charge in [0.2, 0.25) is 0 Å². The van der Waals surface area contributed by atoms with Gasteiger partial charge in [0.1, 0.15) is 13.2 Å². The van der Waals surface area contributed by atoms with E-state index in [0.717, 1.165) is 5.56 Å².